The number of hydrogen-bond donors (Lipinski definition) is 1. The Morgan fingerprint density at radius 1 is 1.23 bits per heavy atom. The van der Waals surface area contributed by atoms with Gasteiger partial charge in [0.1, 0.15) is 6.10 Å². The van der Waals surface area contributed by atoms with Gasteiger partial charge in [-0.25, -0.2) is 0 Å². The maximum absolute atomic E-state index is 6.00. The van der Waals surface area contributed by atoms with Gasteiger partial charge in [-0.3, -0.25) is 4.68 Å². The maximum Gasteiger partial charge on any atom is 0.103 e. The summed E-state index contributed by atoms with van der Waals surface area (Å²) in [4.78, 5) is 0. The molecule has 2 saturated carbocycles. The lowest BCUT2D eigenvalue weighted by molar-refractivity contribution is 0.0823. The number of hydrogen-bond acceptors (Lipinski definition) is 3. The number of aromatic nitrogens is 2. The number of rotatable bonds is 5. The summed E-state index contributed by atoms with van der Waals surface area (Å²) in [6.07, 6.45) is 11.9. The van der Waals surface area contributed by atoms with Gasteiger partial charge < -0.3 is 10.1 Å². The van der Waals surface area contributed by atoms with Gasteiger partial charge in [0.2, 0.25) is 0 Å². The molecule has 2 aliphatic carbocycles. The summed E-state index contributed by atoms with van der Waals surface area (Å²) in [5, 5.41) is 8.18. The average Bonchev–Trinajstić information content (AvgIpc) is 3.15. The summed E-state index contributed by atoms with van der Waals surface area (Å²) in [7, 11) is 2.02. The van der Waals surface area contributed by atoms with E-state index in [1.165, 1.54) is 50.6 Å². The predicted molar refractivity (Wildman–Crippen MR) is 86.5 cm³/mol. The van der Waals surface area contributed by atoms with Crippen LogP contribution in [-0.4, -0.2) is 29.0 Å². The van der Waals surface area contributed by atoms with Crippen LogP contribution in [0.2, 0.25) is 0 Å². The van der Waals surface area contributed by atoms with E-state index in [1.807, 2.05) is 17.9 Å². The van der Waals surface area contributed by atoms with Crippen LogP contribution in [0.25, 0.3) is 0 Å². The van der Waals surface area contributed by atoms with E-state index in [0.717, 1.165) is 31.0 Å². The molecule has 0 amide bonds. The minimum atomic E-state index is 0.225. The molecule has 4 rings (SSSR count). The van der Waals surface area contributed by atoms with Crippen LogP contribution in [0.5, 0.6) is 0 Å². The van der Waals surface area contributed by atoms with Crippen LogP contribution in [0.4, 0.5) is 0 Å². The molecule has 1 aliphatic heterocycles. The summed E-state index contributed by atoms with van der Waals surface area (Å²) in [6.45, 7) is 1.98. The van der Waals surface area contributed by atoms with E-state index in [0.29, 0.717) is 5.92 Å². The van der Waals surface area contributed by atoms with E-state index < -0.39 is 0 Å². The van der Waals surface area contributed by atoms with Crippen LogP contribution in [0.1, 0.15) is 56.7 Å². The first kappa shape index (κ1) is 14.7. The molecule has 22 heavy (non-hydrogen) atoms. The van der Waals surface area contributed by atoms with Crippen molar-refractivity contribution >= 4 is 0 Å². The number of nitrogens with zero attached hydrogens (tertiary/aromatic N) is 2. The third-order valence-corrected chi connectivity index (χ3v) is 6.04. The Morgan fingerprint density at radius 2 is 2.14 bits per heavy atom. The highest BCUT2D eigenvalue weighted by Gasteiger charge is 2.36. The molecule has 4 nitrogen and oxygen atoms in total. The van der Waals surface area contributed by atoms with E-state index in [4.69, 9.17) is 4.74 Å². The van der Waals surface area contributed by atoms with Crippen molar-refractivity contribution in [2.45, 2.75) is 57.1 Å². The standard InChI is InChI=1S/C18H29N3O/c1-21-17(7-9-20-21)18-15(8-10-22-18)12-19-16-4-2-3-14(11-16)13-5-6-13/h7,9,13-16,18-19H,2-6,8,10-12H2,1H3/t14?,15-,16?,18+/m0/s1. The van der Waals surface area contributed by atoms with Crippen LogP contribution in [-0.2, 0) is 11.8 Å². The molecule has 1 aromatic rings. The zero-order chi connectivity index (χ0) is 14.9. The summed E-state index contributed by atoms with van der Waals surface area (Å²) in [5.41, 5.74) is 1.23. The minimum Gasteiger partial charge on any atom is -0.372 e. The highest BCUT2D eigenvalue weighted by atomic mass is 16.5. The molecule has 0 radical (unpaired) electrons. The third-order valence-electron chi connectivity index (χ3n) is 6.04. The summed E-state index contributed by atoms with van der Waals surface area (Å²) >= 11 is 0. The van der Waals surface area contributed by atoms with Gasteiger partial charge in [0.25, 0.3) is 0 Å². The first-order valence-corrected chi connectivity index (χ1v) is 9.14. The molecule has 122 valence electrons. The summed E-state index contributed by atoms with van der Waals surface area (Å²) in [5.74, 6) is 2.68. The van der Waals surface area contributed by atoms with Gasteiger partial charge in [0, 0.05) is 38.4 Å². The maximum atomic E-state index is 6.00. The highest BCUT2D eigenvalue weighted by Crippen LogP contribution is 2.44. The fourth-order valence-electron chi connectivity index (χ4n) is 4.56. The zero-order valence-corrected chi connectivity index (χ0v) is 13.7. The van der Waals surface area contributed by atoms with Crippen LogP contribution < -0.4 is 5.32 Å². The van der Waals surface area contributed by atoms with E-state index >= 15 is 0 Å². The Morgan fingerprint density at radius 3 is 2.91 bits per heavy atom. The van der Waals surface area contributed by atoms with E-state index in [2.05, 4.69) is 16.5 Å². The van der Waals surface area contributed by atoms with Gasteiger partial charge in [-0.15, -0.1) is 0 Å². The second-order valence-electron chi connectivity index (χ2n) is 7.59. The fraction of sp³-hybridized carbons (Fsp3) is 0.833. The van der Waals surface area contributed by atoms with Crippen molar-refractivity contribution in [2.24, 2.45) is 24.8 Å². The molecule has 2 heterocycles. The smallest absolute Gasteiger partial charge is 0.103 e. The van der Waals surface area contributed by atoms with Crippen molar-refractivity contribution in [3.05, 3.63) is 18.0 Å². The quantitative estimate of drug-likeness (QED) is 0.908. The Bertz CT molecular complexity index is 496. The average molecular weight is 303 g/mol. The highest BCUT2D eigenvalue weighted by molar-refractivity contribution is 5.08. The minimum absolute atomic E-state index is 0.225. The molecular formula is C18H29N3O. The van der Waals surface area contributed by atoms with E-state index in [-0.39, 0.29) is 6.10 Å². The van der Waals surface area contributed by atoms with Gasteiger partial charge in [0.15, 0.2) is 0 Å². The van der Waals surface area contributed by atoms with Gasteiger partial charge >= 0.3 is 0 Å². The Labute approximate surface area is 133 Å². The normalized spacial score (nSPS) is 35.9. The molecule has 4 atom stereocenters. The second kappa shape index (κ2) is 6.32. The molecule has 1 aromatic heterocycles. The summed E-state index contributed by atoms with van der Waals surface area (Å²) in [6, 6.07) is 2.85. The van der Waals surface area contributed by atoms with Crippen LogP contribution >= 0.6 is 0 Å². The molecule has 0 aromatic carbocycles. The van der Waals surface area contributed by atoms with Crippen LogP contribution in [0.15, 0.2) is 12.3 Å². The number of ether oxygens (including phenoxy) is 1. The lowest BCUT2D eigenvalue weighted by Gasteiger charge is -2.31. The molecular weight excluding hydrogens is 274 g/mol. The molecule has 0 spiro atoms. The third kappa shape index (κ3) is 3.09. The molecule has 0 bridgehead atoms. The topological polar surface area (TPSA) is 39.1 Å². The van der Waals surface area contributed by atoms with Crippen molar-refractivity contribution in [1.29, 1.82) is 0 Å². The predicted octanol–water partition coefficient (Wildman–Crippen LogP) is 3.06. The molecule has 3 aliphatic rings. The van der Waals surface area contributed by atoms with Gasteiger partial charge in [-0.1, -0.05) is 12.8 Å². The van der Waals surface area contributed by atoms with Gasteiger partial charge in [-0.05, 0) is 50.0 Å². The van der Waals surface area contributed by atoms with E-state index in [1.54, 1.807) is 0 Å². The molecule has 1 N–H and O–H groups in total. The zero-order valence-electron chi connectivity index (χ0n) is 13.7. The second-order valence-corrected chi connectivity index (χ2v) is 7.59. The van der Waals surface area contributed by atoms with E-state index in [9.17, 15) is 0 Å². The first-order valence-electron chi connectivity index (χ1n) is 9.14. The first-order chi connectivity index (χ1) is 10.8. The lowest BCUT2D eigenvalue weighted by atomic mass is 9.82. The van der Waals surface area contributed by atoms with Crippen LogP contribution in [0.3, 0.4) is 0 Å². The SMILES string of the molecule is Cn1nccc1[C@@H]1OCC[C@H]1CNC1CCCC(C2CC2)C1. The van der Waals surface area contributed by atoms with Crippen molar-refractivity contribution in [3.63, 3.8) is 0 Å². The number of aryl methyl sites for hydroxylation is 1. The van der Waals surface area contributed by atoms with Gasteiger partial charge in [-0.2, -0.15) is 5.10 Å². The molecule has 1 saturated heterocycles. The summed E-state index contributed by atoms with van der Waals surface area (Å²) < 4.78 is 7.96. The molecule has 2 unspecified atom stereocenters. The fourth-order valence-corrected chi connectivity index (χ4v) is 4.56. The van der Waals surface area contributed by atoms with Crippen LogP contribution in [0, 0.1) is 17.8 Å². The van der Waals surface area contributed by atoms with Crippen molar-refractivity contribution in [1.82, 2.24) is 15.1 Å². The van der Waals surface area contributed by atoms with Crippen molar-refractivity contribution < 1.29 is 4.74 Å². The van der Waals surface area contributed by atoms with Gasteiger partial charge in [0.05, 0.1) is 5.69 Å². The lowest BCUT2D eigenvalue weighted by Crippen LogP contribution is -2.38. The Balaban J connectivity index is 1.31. The molecule has 4 heteroatoms. The van der Waals surface area contributed by atoms with Crippen molar-refractivity contribution in [3.8, 4) is 0 Å². The van der Waals surface area contributed by atoms with Crippen molar-refractivity contribution in [2.75, 3.05) is 13.2 Å². The Hall–Kier alpha value is -0.870. The monoisotopic (exact) mass is 303 g/mol. The number of nitrogens with one attached hydrogen (secondary N) is 1. The molecule has 3 fully saturated rings. The largest absolute Gasteiger partial charge is 0.372 e. The Kier molecular flexibility index (Phi) is 4.23.